The topological polar surface area (TPSA) is 44.8 Å². The van der Waals surface area contributed by atoms with Crippen LogP contribution in [0.5, 0.6) is 0 Å². The molecule has 0 aliphatic heterocycles. The van der Waals surface area contributed by atoms with Gasteiger partial charge < -0.3 is 0 Å². The van der Waals surface area contributed by atoms with Gasteiger partial charge in [0, 0.05) is 19.4 Å². The van der Waals surface area contributed by atoms with E-state index in [-0.39, 0.29) is 5.69 Å². The first-order chi connectivity index (χ1) is 11.2. The second-order valence-electron chi connectivity index (χ2n) is 5.53. The minimum atomic E-state index is 0.00218. The molecule has 2 aromatic heterocycles. The first kappa shape index (κ1) is 13.6. The number of hydrogen-bond acceptors (Lipinski definition) is 2. The number of hydrogen-bond donors (Lipinski definition) is 0. The number of aromatic nitrogens is 4. The predicted octanol–water partition coefficient (Wildman–Crippen LogP) is 2.57. The Morgan fingerprint density at radius 2 is 1.70 bits per heavy atom. The molecule has 2 aromatic carbocycles. The fourth-order valence-corrected chi connectivity index (χ4v) is 2.87. The molecular weight excluding hydrogens is 288 g/mol. The minimum Gasteiger partial charge on any atom is -0.295 e. The van der Waals surface area contributed by atoms with Crippen LogP contribution in [0.1, 0.15) is 5.56 Å². The summed E-state index contributed by atoms with van der Waals surface area (Å²) in [5.74, 6) is 0. The molecule has 0 atom stereocenters. The molecule has 0 N–H and O–H groups in total. The van der Waals surface area contributed by atoms with Gasteiger partial charge in [-0.25, -0.2) is 9.48 Å². The SMILES string of the molecule is Cn1c(=O)n(Cc2ccc(-n3cccn3)cc2)c2ccccc21. The molecule has 5 nitrogen and oxygen atoms in total. The Morgan fingerprint density at radius 3 is 2.39 bits per heavy atom. The van der Waals surface area contributed by atoms with E-state index in [0.717, 1.165) is 22.3 Å². The Balaban J connectivity index is 1.71. The molecule has 0 saturated carbocycles. The summed E-state index contributed by atoms with van der Waals surface area (Å²) in [5, 5.41) is 4.22. The van der Waals surface area contributed by atoms with Gasteiger partial charge in [0.05, 0.1) is 23.3 Å². The molecule has 0 unspecified atom stereocenters. The summed E-state index contributed by atoms with van der Waals surface area (Å²) in [6, 6.07) is 17.8. The lowest BCUT2D eigenvalue weighted by atomic mass is 10.2. The average molecular weight is 304 g/mol. The Kier molecular flexibility index (Phi) is 3.12. The van der Waals surface area contributed by atoms with Crippen LogP contribution in [0.2, 0.25) is 0 Å². The van der Waals surface area contributed by atoms with Crippen molar-refractivity contribution >= 4 is 11.0 Å². The van der Waals surface area contributed by atoms with Crippen molar-refractivity contribution < 1.29 is 0 Å². The number of rotatable bonds is 3. The average Bonchev–Trinajstić information content (AvgIpc) is 3.20. The van der Waals surface area contributed by atoms with Gasteiger partial charge in [0.15, 0.2) is 0 Å². The molecular formula is C18H16N4O. The van der Waals surface area contributed by atoms with Gasteiger partial charge >= 0.3 is 5.69 Å². The van der Waals surface area contributed by atoms with E-state index in [9.17, 15) is 4.79 Å². The van der Waals surface area contributed by atoms with Crippen LogP contribution in [0.25, 0.3) is 16.7 Å². The van der Waals surface area contributed by atoms with Gasteiger partial charge in [-0.2, -0.15) is 5.10 Å². The third kappa shape index (κ3) is 2.26. The van der Waals surface area contributed by atoms with E-state index in [1.54, 1.807) is 15.3 Å². The number of para-hydroxylation sites is 2. The standard InChI is InChI=1S/C18H16N4O/c1-20-16-5-2-3-6-17(16)21(18(20)23)13-14-7-9-15(10-8-14)22-12-4-11-19-22/h2-12H,13H2,1H3. The second kappa shape index (κ2) is 5.28. The smallest absolute Gasteiger partial charge is 0.295 e. The molecule has 0 fully saturated rings. The van der Waals surface area contributed by atoms with Crippen molar-refractivity contribution in [1.29, 1.82) is 0 Å². The van der Waals surface area contributed by atoms with Crippen LogP contribution in [0.4, 0.5) is 0 Å². The van der Waals surface area contributed by atoms with E-state index in [2.05, 4.69) is 5.10 Å². The zero-order valence-electron chi connectivity index (χ0n) is 12.8. The van der Waals surface area contributed by atoms with Crippen molar-refractivity contribution in [2.45, 2.75) is 6.54 Å². The number of aryl methyl sites for hydroxylation is 1. The van der Waals surface area contributed by atoms with Crippen LogP contribution in [0.15, 0.2) is 71.8 Å². The number of benzene rings is 2. The summed E-state index contributed by atoms with van der Waals surface area (Å²) in [6.07, 6.45) is 3.66. The summed E-state index contributed by atoms with van der Waals surface area (Å²) < 4.78 is 5.31. The van der Waals surface area contributed by atoms with E-state index < -0.39 is 0 Å². The molecule has 0 bridgehead atoms. The number of fused-ring (bicyclic) bond motifs is 1. The fourth-order valence-electron chi connectivity index (χ4n) is 2.87. The Bertz CT molecular complexity index is 1010. The van der Waals surface area contributed by atoms with Gasteiger partial charge in [-0.1, -0.05) is 24.3 Å². The minimum absolute atomic E-state index is 0.00218. The lowest BCUT2D eigenvalue weighted by Gasteiger charge is -2.06. The molecule has 0 radical (unpaired) electrons. The highest BCUT2D eigenvalue weighted by Crippen LogP contribution is 2.14. The molecule has 0 aliphatic rings. The van der Waals surface area contributed by atoms with Gasteiger partial charge in [0.1, 0.15) is 0 Å². The maximum Gasteiger partial charge on any atom is 0.329 e. The lowest BCUT2D eigenvalue weighted by Crippen LogP contribution is -2.22. The van der Waals surface area contributed by atoms with Crippen molar-refractivity contribution in [3.05, 3.63) is 83.0 Å². The maximum absolute atomic E-state index is 12.5. The Labute approximate surface area is 133 Å². The van der Waals surface area contributed by atoms with Crippen molar-refractivity contribution in [2.24, 2.45) is 7.05 Å². The third-order valence-electron chi connectivity index (χ3n) is 4.10. The normalized spacial score (nSPS) is 11.2. The van der Waals surface area contributed by atoms with Crippen LogP contribution < -0.4 is 5.69 Å². The number of nitrogens with zero attached hydrogens (tertiary/aromatic N) is 4. The molecule has 0 saturated heterocycles. The second-order valence-corrected chi connectivity index (χ2v) is 5.53. The third-order valence-corrected chi connectivity index (χ3v) is 4.10. The van der Waals surface area contributed by atoms with Gasteiger partial charge in [0.2, 0.25) is 0 Å². The number of imidazole rings is 1. The maximum atomic E-state index is 12.5. The van der Waals surface area contributed by atoms with E-state index in [4.69, 9.17) is 0 Å². The largest absolute Gasteiger partial charge is 0.329 e. The monoisotopic (exact) mass is 304 g/mol. The summed E-state index contributed by atoms with van der Waals surface area (Å²) in [5.41, 5.74) is 3.99. The molecule has 0 spiro atoms. The van der Waals surface area contributed by atoms with Gasteiger partial charge in [-0.15, -0.1) is 0 Å². The molecule has 2 heterocycles. The molecule has 5 heteroatoms. The lowest BCUT2D eigenvalue weighted by molar-refractivity contribution is 0.735. The van der Waals surface area contributed by atoms with Gasteiger partial charge in [0.25, 0.3) is 0 Å². The fraction of sp³-hybridized carbons (Fsp3) is 0.111. The van der Waals surface area contributed by atoms with E-state index in [1.165, 1.54) is 0 Å². The molecule has 4 aromatic rings. The van der Waals surface area contributed by atoms with Gasteiger partial charge in [-0.3, -0.25) is 9.13 Å². The quantitative estimate of drug-likeness (QED) is 0.584. The first-order valence-electron chi connectivity index (χ1n) is 7.47. The predicted molar refractivity (Wildman–Crippen MR) is 89.8 cm³/mol. The van der Waals surface area contributed by atoms with Crippen molar-refractivity contribution in [3.8, 4) is 5.69 Å². The Hall–Kier alpha value is -3.08. The highest BCUT2D eigenvalue weighted by molar-refractivity contribution is 5.75. The molecule has 114 valence electrons. The summed E-state index contributed by atoms with van der Waals surface area (Å²) >= 11 is 0. The molecule has 0 amide bonds. The molecule has 4 rings (SSSR count). The van der Waals surface area contributed by atoms with Crippen molar-refractivity contribution in [2.75, 3.05) is 0 Å². The van der Waals surface area contributed by atoms with Crippen molar-refractivity contribution in [1.82, 2.24) is 18.9 Å². The van der Waals surface area contributed by atoms with E-state index >= 15 is 0 Å². The first-order valence-corrected chi connectivity index (χ1v) is 7.47. The zero-order chi connectivity index (χ0) is 15.8. The highest BCUT2D eigenvalue weighted by Gasteiger charge is 2.10. The van der Waals surface area contributed by atoms with Crippen molar-refractivity contribution in [3.63, 3.8) is 0 Å². The van der Waals surface area contributed by atoms with Crippen LogP contribution >= 0.6 is 0 Å². The van der Waals surface area contributed by atoms with Crippen LogP contribution in [0.3, 0.4) is 0 Å². The summed E-state index contributed by atoms with van der Waals surface area (Å²) in [4.78, 5) is 12.5. The van der Waals surface area contributed by atoms with Crippen LogP contribution in [-0.2, 0) is 13.6 Å². The van der Waals surface area contributed by atoms with Crippen LogP contribution in [-0.4, -0.2) is 18.9 Å². The highest BCUT2D eigenvalue weighted by atomic mass is 16.1. The molecule has 0 aliphatic carbocycles. The van der Waals surface area contributed by atoms with Crippen LogP contribution in [0, 0.1) is 0 Å². The summed E-state index contributed by atoms with van der Waals surface area (Å²) in [7, 11) is 1.81. The Morgan fingerprint density at radius 1 is 0.957 bits per heavy atom. The van der Waals surface area contributed by atoms with Gasteiger partial charge in [-0.05, 0) is 35.9 Å². The summed E-state index contributed by atoms with van der Waals surface area (Å²) in [6.45, 7) is 0.555. The zero-order valence-corrected chi connectivity index (χ0v) is 12.8. The molecule has 23 heavy (non-hydrogen) atoms. The van der Waals surface area contributed by atoms with E-state index in [0.29, 0.717) is 6.54 Å². The van der Waals surface area contributed by atoms with E-state index in [1.807, 2.05) is 72.5 Å².